The molecular formula is C13H16BrFN2O3. The molecule has 1 aliphatic carbocycles. The lowest BCUT2D eigenvalue weighted by atomic mass is 9.91. The number of nitrogens with zero attached hydrogens (tertiary/aromatic N) is 2. The number of nitro groups is 1. The third-order valence-corrected chi connectivity index (χ3v) is 4.39. The van der Waals surface area contributed by atoms with Gasteiger partial charge in [0.25, 0.3) is 5.69 Å². The van der Waals surface area contributed by atoms with E-state index in [2.05, 4.69) is 15.9 Å². The molecule has 2 rings (SSSR count). The zero-order valence-corrected chi connectivity index (χ0v) is 12.6. The number of rotatable bonds is 3. The Labute approximate surface area is 124 Å². The van der Waals surface area contributed by atoms with E-state index in [1.807, 2.05) is 0 Å². The van der Waals surface area contributed by atoms with Gasteiger partial charge in [-0.3, -0.25) is 10.1 Å². The molecule has 1 fully saturated rings. The number of nitro benzene ring substituents is 1. The van der Waals surface area contributed by atoms with E-state index in [9.17, 15) is 19.6 Å². The molecule has 1 aliphatic rings. The maximum absolute atomic E-state index is 13.7. The number of anilines is 1. The summed E-state index contributed by atoms with van der Waals surface area (Å²) in [5.41, 5.74) is 0.0280. The molecule has 0 heterocycles. The summed E-state index contributed by atoms with van der Waals surface area (Å²) >= 11 is 2.96. The van der Waals surface area contributed by atoms with Crippen LogP contribution in [0.1, 0.15) is 25.7 Å². The van der Waals surface area contributed by atoms with Gasteiger partial charge in [-0.15, -0.1) is 0 Å². The van der Waals surface area contributed by atoms with E-state index in [-0.39, 0.29) is 21.9 Å². The summed E-state index contributed by atoms with van der Waals surface area (Å²) in [6, 6.07) is 2.09. The summed E-state index contributed by atoms with van der Waals surface area (Å²) in [4.78, 5) is 12.2. The molecule has 5 nitrogen and oxygen atoms in total. The monoisotopic (exact) mass is 346 g/mol. The van der Waals surface area contributed by atoms with Crippen molar-refractivity contribution in [2.75, 3.05) is 11.9 Å². The van der Waals surface area contributed by atoms with E-state index in [4.69, 9.17) is 0 Å². The van der Waals surface area contributed by atoms with Gasteiger partial charge in [-0.05, 0) is 28.8 Å². The number of aliphatic hydroxyl groups excluding tert-OH is 1. The summed E-state index contributed by atoms with van der Waals surface area (Å²) in [5, 5.41) is 21.2. The topological polar surface area (TPSA) is 66.6 Å². The van der Waals surface area contributed by atoms with Crippen LogP contribution in [0.25, 0.3) is 0 Å². The van der Waals surface area contributed by atoms with Crippen molar-refractivity contribution in [1.29, 1.82) is 0 Å². The van der Waals surface area contributed by atoms with Crippen molar-refractivity contribution >= 4 is 27.3 Å². The van der Waals surface area contributed by atoms with E-state index in [1.54, 1.807) is 11.9 Å². The average Bonchev–Trinajstić information content (AvgIpc) is 2.41. The Bertz CT molecular complexity index is 527. The van der Waals surface area contributed by atoms with Crippen molar-refractivity contribution in [3.63, 3.8) is 0 Å². The van der Waals surface area contributed by atoms with E-state index in [0.717, 1.165) is 31.4 Å². The Morgan fingerprint density at radius 3 is 2.70 bits per heavy atom. The molecule has 0 spiro atoms. The van der Waals surface area contributed by atoms with Crippen LogP contribution in [-0.2, 0) is 0 Å². The first-order valence-corrected chi connectivity index (χ1v) is 7.25. The highest BCUT2D eigenvalue weighted by Gasteiger charge is 2.30. The largest absolute Gasteiger partial charge is 0.391 e. The van der Waals surface area contributed by atoms with E-state index >= 15 is 0 Å². The minimum absolute atomic E-state index is 0.0607. The van der Waals surface area contributed by atoms with Gasteiger partial charge in [-0.25, -0.2) is 4.39 Å². The third-order valence-electron chi connectivity index (χ3n) is 3.79. The van der Waals surface area contributed by atoms with Crippen LogP contribution in [0.4, 0.5) is 15.8 Å². The molecule has 0 radical (unpaired) electrons. The van der Waals surface area contributed by atoms with E-state index in [0.29, 0.717) is 6.42 Å². The van der Waals surface area contributed by atoms with Gasteiger partial charge in [0.2, 0.25) is 0 Å². The summed E-state index contributed by atoms with van der Waals surface area (Å²) < 4.78 is 13.7. The predicted octanol–water partition coefficient (Wildman–Crippen LogP) is 3.24. The maximum Gasteiger partial charge on any atom is 0.293 e. The van der Waals surface area contributed by atoms with Crippen molar-refractivity contribution in [2.45, 2.75) is 37.8 Å². The molecule has 1 aromatic rings. The lowest BCUT2D eigenvalue weighted by Crippen LogP contribution is -2.43. The highest BCUT2D eigenvalue weighted by Crippen LogP contribution is 2.36. The molecule has 2 unspecified atom stereocenters. The number of benzene rings is 1. The van der Waals surface area contributed by atoms with Crippen LogP contribution < -0.4 is 4.90 Å². The van der Waals surface area contributed by atoms with Gasteiger partial charge in [0.1, 0.15) is 11.5 Å². The highest BCUT2D eigenvalue weighted by atomic mass is 79.9. The average molecular weight is 347 g/mol. The van der Waals surface area contributed by atoms with Crippen LogP contribution in [-0.4, -0.2) is 29.2 Å². The second-order valence-corrected chi connectivity index (χ2v) is 5.90. The Kier molecular flexibility index (Phi) is 4.59. The molecule has 1 N–H and O–H groups in total. The Balaban J connectivity index is 2.39. The fourth-order valence-electron chi connectivity index (χ4n) is 2.68. The van der Waals surface area contributed by atoms with Crippen LogP contribution in [0.3, 0.4) is 0 Å². The number of aliphatic hydroxyl groups is 1. The predicted molar refractivity (Wildman–Crippen MR) is 77.4 cm³/mol. The second kappa shape index (κ2) is 6.05. The minimum atomic E-state index is -0.553. The van der Waals surface area contributed by atoms with Gasteiger partial charge < -0.3 is 10.0 Å². The van der Waals surface area contributed by atoms with E-state index in [1.165, 1.54) is 0 Å². The molecule has 0 aliphatic heterocycles. The minimum Gasteiger partial charge on any atom is -0.391 e. The van der Waals surface area contributed by atoms with Gasteiger partial charge in [-0.2, -0.15) is 0 Å². The highest BCUT2D eigenvalue weighted by molar-refractivity contribution is 9.10. The summed E-state index contributed by atoms with van der Waals surface area (Å²) in [6.07, 6.45) is 2.77. The molecule has 110 valence electrons. The summed E-state index contributed by atoms with van der Waals surface area (Å²) in [6.45, 7) is 0. The van der Waals surface area contributed by atoms with Crippen molar-refractivity contribution in [3.8, 4) is 0 Å². The standard InChI is InChI=1S/C13H16BrFN2O3/c1-16(10-4-2-3-5-13(10)18)11-7-9(15)8(14)6-12(11)17(19)20/h6-7,10,13,18H,2-5H2,1H3. The van der Waals surface area contributed by atoms with Gasteiger partial charge >= 0.3 is 0 Å². The Morgan fingerprint density at radius 1 is 1.45 bits per heavy atom. The van der Waals surface area contributed by atoms with Gasteiger partial charge in [0.05, 0.1) is 21.5 Å². The zero-order chi connectivity index (χ0) is 14.9. The molecule has 1 saturated carbocycles. The van der Waals surface area contributed by atoms with E-state index < -0.39 is 16.8 Å². The number of likely N-dealkylation sites (N-methyl/N-ethyl adjacent to an activating group) is 1. The molecule has 20 heavy (non-hydrogen) atoms. The number of halogens is 2. The van der Waals surface area contributed by atoms with Crippen molar-refractivity contribution in [2.24, 2.45) is 0 Å². The molecule has 0 bridgehead atoms. The molecule has 0 amide bonds. The third kappa shape index (κ3) is 2.93. The Morgan fingerprint density at radius 2 is 2.10 bits per heavy atom. The summed E-state index contributed by atoms with van der Waals surface area (Å²) in [7, 11) is 1.66. The molecule has 1 aromatic carbocycles. The molecule has 0 aromatic heterocycles. The van der Waals surface area contributed by atoms with Gasteiger partial charge in [-0.1, -0.05) is 12.8 Å². The van der Waals surface area contributed by atoms with Gasteiger partial charge in [0, 0.05) is 19.2 Å². The number of hydrogen-bond donors (Lipinski definition) is 1. The fraction of sp³-hybridized carbons (Fsp3) is 0.538. The van der Waals surface area contributed by atoms with Crippen LogP contribution in [0.5, 0.6) is 0 Å². The van der Waals surface area contributed by atoms with Crippen LogP contribution in [0, 0.1) is 15.9 Å². The fourth-order valence-corrected chi connectivity index (χ4v) is 3.01. The first-order chi connectivity index (χ1) is 9.41. The van der Waals surface area contributed by atoms with Crippen molar-refractivity contribution in [1.82, 2.24) is 0 Å². The van der Waals surface area contributed by atoms with Crippen molar-refractivity contribution < 1.29 is 14.4 Å². The smallest absolute Gasteiger partial charge is 0.293 e. The second-order valence-electron chi connectivity index (χ2n) is 5.04. The molecule has 7 heteroatoms. The molecular weight excluding hydrogens is 331 g/mol. The first kappa shape index (κ1) is 15.2. The van der Waals surface area contributed by atoms with Crippen molar-refractivity contribution in [3.05, 3.63) is 32.5 Å². The normalized spacial score (nSPS) is 22.6. The molecule has 0 saturated heterocycles. The lowest BCUT2D eigenvalue weighted by molar-refractivity contribution is -0.384. The first-order valence-electron chi connectivity index (χ1n) is 6.46. The SMILES string of the molecule is CN(c1cc(F)c(Br)cc1[N+](=O)[O-])C1CCCCC1O. The number of hydrogen-bond acceptors (Lipinski definition) is 4. The van der Waals surface area contributed by atoms with Crippen LogP contribution >= 0.6 is 15.9 Å². The quantitative estimate of drug-likeness (QED) is 0.673. The van der Waals surface area contributed by atoms with Gasteiger partial charge in [0.15, 0.2) is 0 Å². The summed E-state index contributed by atoms with van der Waals surface area (Å²) in [5.74, 6) is -0.553. The van der Waals surface area contributed by atoms with Crippen LogP contribution in [0.15, 0.2) is 16.6 Å². The zero-order valence-electron chi connectivity index (χ0n) is 11.1. The maximum atomic E-state index is 13.7. The lowest BCUT2D eigenvalue weighted by Gasteiger charge is -2.36. The van der Waals surface area contributed by atoms with Crippen LogP contribution in [0.2, 0.25) is 0 Å². The molecule has 2 atom stereocenters. The Hall–Kier alpha value is -1.21.